The van der Waals surface area contributed by atoms with E-state index in [1.54, 1.807) is 19.3 Å². The Hall–Kier alpha value is -2.06. The Kier molecular flexibility index (Phi) is 4.59. The summed E-state index contributed by atoms with van der Waals surface area (Å²) in [7, 11) is 1.63. The third-order valence-electron chi connectivity index (χ3n) is 3.04. The Labute approximate surface area is 124 Å². The number of nitrogens with zero attached hydrogens (tertiary/aromatic N) is 1. The highest BCUT2D eigenvalue weighted by Crippen LogP contribution is 2.28. The van der Waals surface area contributed by atoms with Crippen molar-refractivity contribution in [2.24, 2.45) is 0 Å². The lowest BCUT2D eigenvalue weighted by atomic mass is 10.0. The zero-order chi connectivity index (χ0) is 14.5. The monoisotopic (exact) mass is 285 g/mol. The van der Waals surface area contributed by atoms with Crippen molar-refractivity contribution < 1.29 is 4.74 Å². The molecule has 2 rings (SSSR count). The number of rotatable bonds is 5. The molecule has 0 radical (unpaired) electrons. The zero-order valence-corrected chi connectivity index (χ0v) is 12.2. The maximum absolute atomic E-state index is 6.28. The summed E-state index contributed by atoms with van der Waals surface area (Å²) in [6, 6.07) is 7.84. The Morgan fingerprint density at radius 2 is 2.20 bits per heavy atom. The number of ether oxygens (including phenoxy) is 1. The van der Waals surface area contributed by atoms with Gasteiger partial charge in [-0.05, 0) is 23.3 Å². The highest BCUT2D eigenvalue weighted by molar-refractivity contribution is 6.30. The van der Waals surface area contributed by atoms with Crippen LogP contribution in [0.4, 0.5) is 0 Å². The lowest BCUT2D eigenvalue weighted by molar-refractivity contribution is 0.419. The van der Waals surface area contributed by atoms with Crippen LogP contribution in [-0.4, -0.2) is 12.1 Å². The van der Waals surface area contributed by atoms with Gasteiger partial charge in [-0.15, -0.1) is 0 Å². The van der Waals surface area contributed by atoms with Gasteiger partial charge in [0.2, 0.25) is 0 Å². The second-order valence-corrected chi connectivity index (χ2v) is 4.69. The Morgan fingerprint density at radius 3 is 2.85 bits per heavy atom. The highest BCUT2D eigenvalue weighted by Gasteiger charge is 2.09. The Balaban J connectivity index is 2.51. The molecule has 1 aromatic heterocycles. The van der Waals surface area contributed by atoms with Gasteiger partial charge in [-0.1, -0.05) is 55.1 Å². The Morgan fingerprint density at radius 1 is 1.40 bits per heavy atom. The SMILES string of the molecule is C=C/C=C(\C=C)Cc1cc2cccc(OC)c2nc1Cl. The summed E-state index contributed by atoms with van der Waals surface area (Å²) in [5.74, 6) is 0.724. The first kappa shape index (κ1) is 14.4. The van der Waals surface area contributed by atoms with Crippen LogP contribution in [0.25, 0.3) is 10.9 Å². The summed E-state index contributed by atoms with van der Waals surface area (Å²) in [4.78, 5) is 4.45. The van der Waals surface area contributed by atoms with Gasteiger partial charge in [-0.25, -0.2) is 4.98 Å². The number of allylic oxidation sites excluding steroid dienone is 4. The van der Waals surface area contributed by atoms with E-state index in [0.29, 0.717) is 11.6 Å². The van der Waals surface area contributed by atoms with Gasteiger partial charge in [0.25, 0.3) is 0 Å². The van der Waals surface area contributed by atoms with E-state index < -0.39 is 0 Å². The zero-order valence-electron chi connectivity index (χ0n) is 11.4. The number of fused-ring (bicyclic) bond motifs is 1. The van der Waals surface area contributed by atoms with E-state index in [1.165, 1.54) is 0 Å². The van der Waals surface area contributed by atoms with E-state index in [-0.39, 0.29) is 0 Å². The molecule has 0 aliphatic carbocycles. The van der Waals surface area contributed by atoms with Gasteiger partial charge >= 0.3 is 0 Å². The van der Waals surface area contributed by atoms with Gasteiger partial charge in [0.15, 0.2) is 0 Å². The number of methoxy groups -OCH3 is 1. The molecule has 0 saturated heterocycles. The molecule has 3 heteroatoms. The van der Waals surface area contributed by atoms with Crippen LogP contribution in [0, 0.1) is 0 Å². The van der Waals surface area contributed by atoms with Crippen molar-refractivity contribution in [1.29, 1.82) is 0 Å². The standard InChI is InChI=1S/C17H16ClNO/c1-4-7-12(5-2)10-14-11-13-8-6-9-15(20-3)16(13)19-17(14)18/h4-9,11H,1-2,10H2,3H3/b12-7+. The molecule has 0 amide bonds. The summed E-state index contributed by atoms with van der Waals surface area (Å²) in [6.45, 7) is 7.49. The molecular weight excluding hydrogens is 270 g/mol. The number of para-hydroxylation sites is 1. The molecule has 0 aliphatic rings. The smallest absolute Gasteiger partial charge is 0.145 e. The predicted molar refractivity (Wildman–Crippen MR) is 85.5 cm³/mol. The largest absolute Gasteiger partial charge is 0.494 e. The van der Waals surface area contributed by atoms with Crippen molar-refractivity contribution in [3.05, 3.63) is 71.9 Å². The quantitative estimate of drug-likeness (QED) is 0.585. The van der Waals surface area contributed by atoms with Crippen LogP contribution in [0.3, 0.4) is 0 Å². The molecule has 20 heavy (non-hydrogen) atoms. The number of pyridine rings is 1. The summed E-state index contributed by atoms with van der Waals surface area (Å²) in [5, 5.41) is 1.49. The molecule has 1 aromatic carbocycles. The normalized spacial score (nSPS) is 11.4. The molecule has 2 aromatic rings. The van der Waals surface area contributed by atoms with Crippen LogP contribution < -0.4 is 4.74 Å². The molecule has 0 N–H and O–H groups in total. The molecule has 0 bridgehead atoms. The fraction of sp³-hybridized carbons (Fsp3) is 0.118. The minimum atomic E-state index is 0.485. The van der Waals surface area contributed by atoms with Crippen molar-refractivity contribution in [1.82, 2.24) is 4.98 Å². The molecular formula is C17H16ClNO. The van der Waals surface area contributed by atoms with E-state index in [2.05, 4.69) is 18.1 Å². The van der Waals surface area contributed by atoms with E-state index in [4.69, 9.17) is 16.3 Å². The van der Waals surface area contributed by atoms with Gasteiger partial charge in [-0.2, -0.15) is 0 Å². The second-order valence-electron chi connectivity index (χ2n) is 4.33. The maximum Gasteiger partial charge on any atom is 0.145 e. The lowest BCUT2D eigenvalue weighted by Gasteiger charge is -2.09. The predicted octanol–water partition coefficient (Wildman–Crippen LogP) is 4.74. The van der Waals surface area contributed by atoms with Gasteiger partial charge in [0, 0.05) is 11.8 Å². The summed E-state index contributed by atoms with van der Waals surface area (Å²) < 4.78 is 5.30. The summed E-state index contributed by atoms with van der Waals surface area (Å²) in [5.41, 5.74) is 2.78. The van der Waals surface area contributed by atoms with Crippen LogP contribution in [0.15, 0.2) is 61.2 Å². The molecule has 2 nitrogen and oxygen atoms in total. The van der Waals surface area contributed by atoms with Crippen molar-refractivity contribution >= 4 is 22.5 Å². The van der Waals surface area contributed by atoms with E-state index in [9.17, 15) is 0 Å². The average Bonchev–Trinajstić information content (AvgIpc) is 2.46. The van der Waals surface area contributed by atoms with Gasteiger partial charge in [0.05, 0.1) is 7.11 Å². The molecule has 102 valence electrons. The van der Waals surface area contributed by atoms with Crippen LogP contribution in [0.2, 0.25) is 5.15 Å². The number of halogens is 1. The highest BCUT2D eigenvalue weighted by atomic mass is 35.5. The third-order valence-corrected chi connectivity index (χ3v) is 3.37. The molecule has 0 atom stereocenters. The fourth-order valence-electron chi connectivity index (χ4n) is 2.05. The number of aromatic nitrogens is 1. The number of hydrogen-bond donors (Lipinski definition) is 0. The topological polar surface area (TPSA) is 22.1 Å². The van der Waals surface area contributed by atoms with Crippen LogP contribution in [0.5, 0.6) is 5.75 Å². The van der Waals surface area contributed by atoms with Crippen molar-refractivity contribution in [2.45, 2.75) is 6.42 Å². The molecule has 0 fully saturated rings. The first-order valence-electron chi connectivity index (χ1n) is 6.25. The van der Waals surface area contributed by atoms with E-state index in [1.807, 2.05) is 30.3 Å². The molecule has 0 aliphatic heterocycles. The summed E-state index contributed by atoms with van der Waals surface area (Å²) >= 11 is 6.28. The first-order valence-corrected chi connectivity index (χ1v) is 6.63. The van der Waals surface area contributed by atoms with E-state index in [0.717, 1.165) is 27.8 Å². The van der Waals surface area contributed by atoms with Crippen molar-refractivity contribution in [3.8, 4) is 5.75 Å². The lowest BCUT2D eigenvalue weighted by Crippen LogP contribution is -1.94. The molecule has 0 spiro atoms. The van der Waals surface area contributed by atoms with Crippen LogP contribution >= 0.6 is 11.6 Å². The third kappa shape index (κ3) is 2.91. The molecule has 0 saturated carbocycles. The van der Waals surface area contributed by atoms with E-state index >= 15 is 0 Å². The summed E-state index contributed by atoms with van der Waals surface area (Å²) in [6.07, 6.45) is 6.13. The van der Waals surface area contributed by atoms with Gasteiger partial charge in [0.1, 0.15) is 16.4 Å². The fourth-order valence-corrected chi connectivity index (χ4v) is 2.26. The van der Waals surface area contributed by atoms with Crippen molar-refractivity contribution in [2.75, 3.05) is 7.11 Å². The van der Waals surface area contributed by atoms with Crippen molar-refractivity contribution in [3.63, 3.8) is 0 Å². The molecule has 0 unspecified atom stereocenters. The first-order chi connectivity index (χ1) is 9.69. The number of hydrogen-bond acceptors (Lipinski definition) is 2. The van der Waals surface area contributed by atoms with Gasteiger partial charge < -0.3 is 4.74 Å². The minimum Gasteiger partial charge on any atom is -0.494 e. The molecule has 1 heterocycles. The number of benzene rings is 1. The maximum atomic E-state index is 6.28. The van der Waals surface area contributed by atoms with Crippen LogP contribution in [0.1, 0.15) is 5.56 Å². The minimum absolute atomic E-state index is 0.485. The average molecular weight is 286 g/mol. The Bertz CT molecular complexity index is 689. The van der Waals surface area contributed by atoms with Gasteiger partial charge in [-0.3, -0.25) is 0 Å². The van der Waals surface area contributed by atoms with Crippen LogP contribution in [-0.2, 0) is 6.42 Å². The second kappa shape index (κ2) is 6.40.